The second kappa shape index (κ2) is 7.56. The van der Waals surface area contributed by atoms with Crippen molar-refractivity contribution < 1.29 is 14.4 Å². The first-order valence-corrected chi connectivity index (χ1v) is 8.72. The van der Waals surface area contributed by atoms with Crippen molar-refractivity contribution in [1.29, 1.82) is 0 Å². The fourth-order valence-corrected chi connectivity index (χ4v) is 3.35. The van der Waals surface area contributed by atoms with Crippen molar-refractivity contribution in [3.05, 3.63) is 52.1 Å². The monoisotopic (exact) mass is 363 g/mol. The quantitative estimate of drug-likeness (QED) is 0.797. The number of aryl methyl sites for hydroxylation is 1. The Balaban J connectivity index is 1.90. The van der Waals surface area contributed by atoms with E-state index in [0.29, 0.717) is 11.6 Å². The summed E-state index contributed by atoms with van der Waals surface area (Å²) in [5.74, 6) is 5.61. The minimum atomic E-state index is -0.582. The van der Waals surface area contributed by atoms with Gasteiger partial charge in [0.2, 0.25) is 0 Å². The maximum atomic E-state index is 11.3. The van der Waals surface area contributed by atoms with Crippen molar-refractivity contribution in [2.45, 2.75) is 45.3 Å². The van der Waals surface area contributed by atoms with Crippen LogP contribution in [-0.4, -0.2) is 22.1 Å². The van der Waals surface area contributed by atoms with Crippen molar-refractivity contribution in [3.8, 4) is 0 Å². The van der Waals surface area contributed by atoms with E-state index in [-0.39, 0.29) is 18.6 Å². The molecule has 0 fully saturated rings. The molecule has 1 heterocycles. The molecular formula is C18H22ClN3O3. The van der Waals surface area contributed by atoms with Crippen LogP contribution >= 0.6 is 11.6 Å². The summed E-state index contributed by atoms with van der Waals surface area (Å²) in [6.45, 7) is 4.77. The van der Waals surface area contributed by atoms with Gasteiger partial charge >= 0.3 is 5.97 Å². The second-order valence-electron chi connectivity index (χ2n) is 6.50. The zero-order valence-electron chi connectivity index (χ0n) is 14.4. The Hall–Kier alpha value is -1.89. The molecule has 1 aliphatic carbocycles. The summed E-state index contributed by atoms with van der Waals surface area (Å²) >= 11 is 5.98. The number of carbonyl (C=O) groups is 1. The zero-order valence-corrected chi connectivity index (χ0v) is 15.1. The summed E-state index contributed by atoms with van der Waals surface area (Å²) in [7, 11) is 0. The van der Waals surface area contributed by atoms with Gasteiger partial charge in [-0.25, -0.2) is 9.78 Å². The summed E-state index contributed by atoms with van der Waals surface area (Å²) in [5.41, 5.74) is 3.23. The number of hydrogen-bond donors (Lipinski definition) is 1. The van der Waals surface area contributed by atoms with Gasteiger partial charge in [-0.15, -0.1) is 0 Å². The molecule has 0 aliphatic heterocycles. The number of imidazole rings is 1. The van der Waals surface area contributed by atoms with Crippen LogP contribution in [0.2, 0.25) is 5.02 Å². The molecule has 1 unspecified atom stereocenters. The number of aromatic nitrogens is 2. The van der Waals surface area contributed by atoms with Gasteiger partial charge in [0.15, 0.2) is 0 Å². The minimum absolute atomic E-state index is 0.163. The number of carbonyl (C=O) groups excluding carboxylic acids is 1. The molecule has 1 aromatic carbocycles. The summed E-state index contributed by atoms with van der Waals surface area (Å²) < 4.78 is 7.94. The third kappa shape index (κ3) is 3.86. The van der Waals surface area contributed by atoms with E-state index >= 15 is 0 Å². The van der Waals surface area contributed by atoms with E-state index < -0.39 is 5.97 Å². The maximum absolute atomic E-state index is 11.3. The van der Waals surface area contributed by atoms with Crippen LogP contribution in [0, 0.1) is 0 Å². The fourth-order valence-electron chi connectivity index (χ4n) is 3.23. The Morgan fingerprint density at radius 3 is 2.76 bits per heavy atom. The van der Waals surface area contributed by atoms with Crippen molar-refractivity contribution in [2.24, 2.45) is 5.90 Å². The number of hydrogen-bond acceptors (Lipinski definition) is 5. The predicted molar refractivity (Wildman–Crippen MR) is 94.2 cm³/mol. The van der Waals surface area contributed by atoms with Crippen molar-refractivity contribution in [1.82, 2.24) is 9.55 Å². The SMILES string of the molecule is CC(C)c1nc2c(n1Cc1ccc(Cl)cc1)C(OCC(=O)ON)CC2. The van der Waals surface area contributed by atoms with Crippen LogP contribution in [0.4, 0.5) is 0 Å². The molecule has 0 spiro atoms. The topological polar surface area (TPSA) is 79.4 Å². The van der Waals surface area contributed by atoms with Crippen molar-refractivity contribution >= 4 is 17.6 Å². The zero-order chi connectivity index (χ0) is 18.0. The highest BCUT2D eigenvalue weighted by Crippen LogP contribution is 2.36. The van der Waals surface area contributed by atoms with Crippen molar-refractivity contribution in [2.75, 3.05) is 6.61 Å². The lowest BCUT2D eigenvalue weighted by Crippen LogP contribution is -2.19. The molecule has 1 atom stereocenters. The molecule has 1 aromatic heterocycles. The number of nitrogens with two attached hydrogens (primary N) is 1. The van der Waals surface area contributed by atoms with E-state index in [2.05, 4.69) is 23.3 Å². The van der Waals surface area contributed by atoms with Crippen LogP contribution in [0.15, 0.2) is 24.3 Å². The Morgan fingerprint density at radius 1 is 1.40 bits per heavy atom. The molecule has 2 aromatic rings. The molecular weight excluding hydrogens is 342 g/mol. The highest BCUT2D eigenvalue weighted by atomic mass is 35.5. The summed E-state index contributed by atoms with van der Waals surface area (Å²) in [6, 6.07) is 7.79. The molecule has 0 amide bonds. The molecule has 0 saturated heterocycles. The highest BCUT2D eigenvalue weighted by Gasteiger charge is 2.32. The average molecular weight is 364 g/mol. The molecule has 134 valence electrons. The standard InChI is InChI=1S/C18H22ClN3O3/c1-11(2)18-21-14-7-8-15(24-10-16(23)25-20)17(14)22(18)9-12-3-5-13(19)6-4-12/h3-6,11,15H,7-10,20H2,1-2H3. The normalized spacial score (nSPS) is 16.3. The summed E-state index contributed by atoms with van der Waals surface area (Å²) in [5, 5.41) is 0.713. The third-order valence-corrected chi connectivity index (χ3v) is 4.62. The van der Waals surface area contributed by atoms with Gasteiger partial charge in [-0.3, -0.25) is 0 Å². The predicted octanol–water partition coefficient (Wildman–Crippen LogP) is 3.13. The lowest BCUT2D eigenvalue weighted by atomic mass is 10.1. The molecule has 0 radical (unpaired) electrons. The van der Waals surface area contributed by atoms with Crippen LogP contribution < -0.4 is 5.90 Å². The molecule has 3 rings (SSSR count). The number of halogens is 1. The van der Waals surface area contributed by atoms with E-state index in [9.17, 15) is 4.79 Å². The average Bonchev–Trinajstić information content (AvgIpc) is 3.15. The summed E-state index contributed by atoms with van der Waals surface area (Å²) in [6.07, 6.45) is 1.46. The smallest absolute Gasteiger partial charge is 0.350 e. The second-order valence-corrected chi connectivity index (χ2v) is 6.93. The van der Waals surface area contributed by atoms with Crippen molar-refractivity contribution in [3.63, 3.8) is 0 Å². The number of ether oxygens (including phenoxy) is 1. The minimum Gasteiger partial charge on any atom is -0.372 e. The molecule has 25 heavy (non-hydrogen) atoms. The van der Waals surface area contributed by atoms with Crippen LogP contribution in [0.3, 0.4) is 0 Å². The van der Waals surface area contributed by atoms with Crippen LogP contribution in [0.5, 0.6) is 0 Å². The van der Waals surface area contributed by atoms with Crippen LogP contribution in [-0.2, 0) is 27.3 Å². The van der Waals surface area contributed by atoms with E-state index in [1.54, 1.807) is 0 Å². The first-order chi connectivity index (χ1) is 12.0. The molecule has 0 saturated carbocycles. The Kier molecular flexibility index (Phi) is 5.42. The van der Waals surface area contributed by atoms with Gasteiger partial charge in [0.25, 0.3) is 0 Å². The molecule has 6 nitrogen and oxygen atoms in total. The Morgan fingerprint density at radius 2 is 2.12 bits per heavy atom. The Labute approximate surface area is 151 Å². The van der Waals surface area contributed by atoms with Gasteiger partial charge in [0, 0.05) is 17.5 Å². The van der Waals surface area contributed by atoms with E-state index in [4.69, 9.17) is 27.2 Å². The van der Waals surface area contributed by atoms with E-state index in [1.165, 1.54) is 0 Å². The highest BCUT2D eigenvalue weighted by molar-refractivity contribution is 6.30. The van der Waals surface area contributed by atoms with Gasteiger partial charge < -0.3 is 14.1 Å². The fraction of sp³-hybridized carbons (Fsp3) is 0.444. The number of nitrogens with zero attached hydrogens (tertiary/aromatic N) is 2. The number of fused-ring (bicyclic) bond motifs is 1. The largest absolute Gasteiger partial charge is 0.372 e. The Bertz CT molecular complexity index is 756. The molecule has 1 aliphatic rings. The van der Waals surface area contributed by atoms with Gasteiger partial charge in [0.05, 0.1) is 11.4 Å². The number of rotatable bonds is 6. The van der Waals surface area contributed by atoms with Crippen LogP contribution in [0.25, 0.3) is 0 Å². The van der Waals surface area contributed by atoms with Gasteiger partial charge in [0.1, 0.15) is 18.5 Å². The number of benzene rings is 1. The first-order valence-electron chi connectivity index (χ1n) is 8.34. The molecule has 0 bridgehead atoms. The maximum Gasteiger partial charge on any atom is 0.350 e. The molecule has 7 heteroatoms. The van der Waals surface area contributed by atoms with E-state index in [0.717, 1.165) is 35.6 Å². The van der Waals surface area contributed by atoms with E-state index in [1.807, 2.05) is 24.3 Å². The van der Waals surface area contributed by atoms with Gasteiger partial charge in [-0.1, -0.05) is 37.6 Å². The first kappa shape index (κ1) is 17.9. The summed E-state index contributed by atoms with van der Waals surface area (Å²) in [4.78, 5) is 20.3. The van der Waals surface area contributed by atoms with Crippen LogP contribution in [0.1, 0.15) is 55.1 Å². The van der Waals surface area contributed by atoms with Gasteiger partial charge in [-0.05, 0) is 30.5 Å². The molecule has 2 N–H and O–H groups in total. The van der Waals surface area contributed by atoms with Gasteiger partial charge in [-0.2, -0.15) is 5.90 Å². The lowest BCUT2D eigenvalue weighted by molar-refractivity contribution is -0.151. The third-order valence-electron chi connectivity index (χ3n) is 4.36. The lowest BCUT2D eigenvalue weighted by Gasteiger charge is -2.18.